The minimum Gasteiger partial charge on any atom is -0.457 e. The van der Waals surface area contributed by atoms with Crippen molar-refractivity contribution in [2.24, 2.45) is 0 Å². The first kappa shape index (κ1) is 19.3. The summed E-state index contributed by atoms with van der Waals surface area (Å²) in [6.07, 6.45) is 1.66. The normalized spacial score (nSPS) is 18.3. The maximum Gasteiger partial charge on any atom is 0.338 e. The molecule has 1 fully saturated rings. The van der Waals surface area contributed by atoms with Gasteiger partial charge in [0.15, 0.2) is 0 Å². The van der Waals surface area contributed by atoms with E-state index in [0.717, 1.165) is 29.5 Å². The van der Waals surface area contributed by atoms with E-state index in [2.05, 4.69) is 0 Å². The molecular formula is C23H23NO5. The van der Waals surface area contributed by atoms with E-state index in [1.54, 1.807) is 0 Å². The average molecular weight is 393 g/mol. The zero-order valence-electron chi connectivity index (χ0n) is 16.6. The lowest BCUT2D eigenvalue weighted by atomic mass is 10.1. The number of imide groups is 1. The van der Waals surface area contributed by atoms with E-state index >= 15 is 0 Å². The van der Waals surface area contributed by atoms with Gasteiger partial charge in [-0.1, -0.05) is 23.8 Å². The van der Waals surface area contributed by atoms with Gasteiger partial charge in [-0.3, -0.25) is 14.5 Å². The highest BCUT2D eigenvalue weighted by molar-refractivity contribution is 6.22. The Kier molecular flexibility index (Phi) is 5.20. The number of hydrogen-bond acceptors (Lipinski definition) is 5. The fourth-order valence-electron chi connectivity index (χ4n) is 3.76. The number of benzene rings is 2. The first-order chi connectivity index (χ1) is 13.9. The van der Waals surface area contributed by atoms with Gasteiger partial charge in [0.25, 0.3) is 11.8 Å². The minimum absolute atomic E-state index is 0.112. The van der Waals surface area contributed by atoms with Gasteiger partial charge in [0, 0.05) is 6.61 Å². The maximum absolute atomic E-state index is 12.7. The van der Waals surface area contributed by atoms with Gasteiger partial charge >= 0.3 is 5.97 Å². The second-order valence-electron chi connectivity index (χ2n) is 7.62. The average Bonchev–Trinajstić information content (AvgIpc) is 3.31. The SMILES string of the molecule is Cc1ccc(C)c(COC(=O)c2ccc3c(c2)C(=O)N(CC2CCCO2)C3=O)c1. The first-order valence-corrected chi connectivity index (χ1v) is 9.79. The number of hydrogen-bond donors (Lipinski definition) is 0. The molecule has 1 saturated heterocycles. The summed E-state index contributed by atoms with van der Waals surface area (Å²) >= 11 is 0. The van der Waals surface area contributed by atoms with E-state index in [4.69, 9.17) is 9.47 Å². The number of fused-ring (bicyclic) bond motifs is 1. The highest BCUT2D eigenvalue weighted by atomic mass is 16.5. The summed E-state index contributed by atoms with van der Waals surface area (Å²) in [7, 11) is 0. The molecule has 4 rings (SSSR count). The maximum atomic E-state index is 12.7. The van der Waals surface area contributed by atoms with Gasteiger partial charge in [0.1, 0.15) is 6.61 Å². The van der Waals surface area contributed by atoms with Gasteiger partial charge in [-0.15, -0.1) is 0 Å². The summed E-state index contributed by atoms with van der Waals surface area (Å²) in [6, 6.07) is 10.5. The Morgan fingerprint density at radius 1 is 1.10 bits per heavy atom. The summed E-state index contributed by atoms with van der Waals surface area (Å²) in [6.45, 7) is 5.01. The van der Waals surface area contributed by atoms with Crippen LogP contribution in [0.5, 0.6) is 0 Å². The Bertz CT molecular complexity index is 991. The number of esters is 1. The fraction of sp³-hybridized carbons (Fsp3) is 0.348. The molecule has 29 heavy (non-hydrogen) atoms. The molecule has 6 nitrogen and oxygen atoms in total. The first-order valence-electron chi connectivity index (χ1n) is 9.79. The molecule has 6 heteroatoms. The lowest BCUT2D eigenvalue weighted by Crippen LogP contribution is -2.36. The summed E-state index contributed by atoms with van der Waals surface area (Å²) in [5.74, 6) is -1.24. The van der Waals surface area contributed by atoms with Crippen LogP contribution in [0.15, 0.2) is 36.4 Å². The van der Waals surface area contributed by atoms with Crippen molar-refractivity contribution in [3.63, 3.8) is 0 Å². The van der Waals surface area contributed by atoms with E-state index in [1.165, 1.54) is 23.1 Å². The van der Waals surface area contributed by atoms with E-state index < -0.39 is 5.97 Å². The van der Waals surface area contributed by atoms with E-state index in [0.29, 0.717) is 12.2 Å². The molecule has 2 aromatic carbocycles. The molecule has 2 amide bonds. The van der Waals surface area contributed by atoms with Crippen molar-refractivity contribution in [2.45, 2.75) is 39.4 Å². The molecule has 2 aliphatic heterocycles. The Morgan fingerprint density at radius 2 is 1.90 bits per heavy atom. The Hall–Kier alpha value is -2.99. The van der Waals surface area contributed by atoms with Gasteiger partial charge < -0.3 is 9.47 Å². The van der Waals surface area contributed by atoms with Gasteiger partial charge in [-0.2, -0.15) is 0 Å². The molecule has 0 N–H and O–H groups in total. The van der Waals surface area contributed by atoms with E-state index in [1.807, 2.05) is 32.0 Å². The summed E-state index contributed by atoms with van der Waals surface area (Å²) in [4.78, 5) is 39.0. The molecule has 1 unspecified atom stereocenters. The monoisotopic (exact) mass is 393 g/mol. The standard InChI is InChI=1S/C23H23NO5/c1-14-5-6-15(2)17(10-14)13-29-23(27)16-7-8-19-20(11-16)22(26)24(21(19)25)12-18-4-3-9-28-18/h5-8,10-11,18H,3-4,9,12-13H2,1-2H3. The third-order valence-electron chi connectivity index (χ3n) is 5.48. The molecule has 0 aromatic heterocycles. The topological polar surface area (TPSA) is 72.9 Å². The van der Waals surface area contributed by atoms with Crippen molar-refractivity contribution in [1.82, 2.24) is 4.90 Å². The number of aryl methyl sites for hydroxylation is 2. The van der Waals surface area contributed by atoms with Crippen molar-refractivity contribution in [2.75, 3.05) is 13.2 Å². The summed E-state index contributed by atoms with van der Waals surface area (Å²) in [5.41, 5.74) is 3.90. The molecule has 2 heterocycles. The molecule has 0 spiro atoms. The van der Waals surface area contributed by atoms with Crippen molar-refractivity contribution in [3.05, 3.63) is 69.8 Å². The predicted octanol–water partition coefficient (Wildman–Crippen LogP) is 3.44. The second-order valence-corrected chi connectivity index (χ2v) is 7.62. The molecule has 2 aliphatic rings. The largest absolute Gasteiger partial charge is 0.457 e. The molecule has 0 radical (unpaired) electrons. The number of rotatable bonds is 5. The van der Waals surface area contributed by atoms with Crippen molar-refractivity contribution >= 4 is 17.8 Å². The smallest absolute Gasteiger partial charge is 0.338 e. The molecule has 0 aliphatic carbocycles. The predicted molar refractivity (Wildman–Crippen MR) is 106 cm³/mol. The van der Waals surface area contributed by atoms with Crippen molar-refractivity contribution < 1.29 is 23.9 Å². The molecule has 0 saturated carbocycles. The van der Waals surface area contributed by atoms with Crippen LogP contribution in [0.25, 0.3) is 0 Å². The minimum atomic E-state index is -0.522. The van der Waals surface area contributed by atoms with Gasteiger partial charge in [-0.25, -0.2) is 4.79 Å². The second kappa shape index (κ2) is 7.79. The number of carbonyl (C=O) groups excluding carboxylic acids is 3. The Labute approximate surface area is 169 Å². The Morgan fingerprint density at radius 3 is 2.66 bits per heavy atom. The van der Waals surface area contributed by atoms with Crippen molar-refractivity contribution in [1.29, 1.82) is 0 Å². The lowest BCUT2D eigenvalue weighted by Gasteiger charge is -2.17. The van der Waals surface area contributed by atoms with Crippen LogP contribution < -0.4 is 0 Å². The van der Waals surface area contributed by atoms with Crippen LogP contribution in [-0.2, 0) is 16.1 Å². The van der Waals surface area contributed by atoms with Crippen LogP contribution in [0.4, 0.5) is 0 Å². The van der Waals surface area contributed by atoms with Crippen LogP contribution in [0.1, 0.15) is 60.6 Å². The number of carbonyl (C=O) groups is 3. The number of nitrogens with zero attached hydrogens (tertiary/aromatic N) is 1. The summed E-state index contributed by atoms with van der Waals surface area (Å²) < 4.78 is 11.0. The van der Waals surface area contributed by atoms with Crippen LogP contribution in [0.3, 0.4) is 0 Å². The Balaban J connectivity index is 1.48. The van der Waals surface area contributed by atoms with Crippen molar-refractivity contribution in [3.8, 4) is 0 Å². The third-order valence-corrected chi connectivity index (χ3v) is 5.48. The van der Waals surface area contributed by atoms with E-state index in [9.17, 15) is 14.4 Å². The zero-order valence-corrected chi connectivity index (χ0v) is 16.6. The van der Waals surface area contributed by atoms with Crippen LogP contribution in [0.2, 0.25) is 0 Å². The third kappa shape index (κ3) is 3.80. The number of ether oxygens (including phenoxy) is 2. The highest BCUT2D eigenvalue weighted by Gasteiger charge is 2.38. The van der Waals surface area contributed by atoms with E-state index in [-0.39, 0.29) is 42.2 Å². The molecule has 2 aromatic rings. The van der Waals surface area contributed by atoms with Crippen LogP contribution in [0, 0.1) is 13.8 Å². The van der Waals surface area contributed by atoms with Crippen LogP contribution >= 0.6 is 0 Å². The molecule has 150 valence electrons. The number of amides is 2. The fourth-order valence-corrected chi connectivity index (χ4v) is 3.76. The quantitative estimate of drug-likeness (QED) is 0.575. The highest BCUT2D eigenvalue weighted by Crippen LogP contribution is 2.26. The lowest BCUT2D eigenvalue weighted by molar-refractivity contribution is 0.0468. The molecular weight excluding hydrogens is 370 g/mol. The molecule has 0 bridgehead atoms. The van der Waals surface area contributed by atoms with Gasteiger partial charge in [0.05, 0.1) is 29.3 Å². The van der Waals surface area contributed by atoms with Crippen LogP contribution in [-0.4, -0.2) is 41.9 Å². The molecule has 1 atom stereocenters. The summed E-state index contributed by atoms with van der Waals surface area (Å²) in [5, 5.41) is 0. The van der Waals surface area contributed by atoms with Gasteiger partial charge in [-0.05, 0) is 56.0 Å². The van der Waals surface area contributed by atoms with Gasteiger partial charge in [0.2, 0.25) is 0 Å². The zero-order chi connectivity index (χ0) is 20.5.